The fourth-order valence-corrected chi connectivity index (χ4v) is 3.25. The van der Waals surface area contributed by atoms with Gasteiger partial charge in [0.25, 0.3) is 5.91 Å². The van der Waals surface area contributed by atoms with Crippen molar-refractivity contribution in [1.29, 1.82) is 0 Å². The van der Waals surface area contributed by atoms with Gasteiger partial charge in [-0.15, -0.1) is 0 Å². The summed E-state index contributed by atoms with van der Waals surface area (Å²) in [6, 6.07) is 4.76. The Hall–Kier alpha value is -1.02. The lowest BCUT2D eigenvalue weighted by atomic mass is 10.3. The molecule has 1 aromatic rings. The van der Waals surface area contributed by atoms with Gasteiger partial charge in [0.05, 0.1) is 11.3 Å². The molecule has 0 unspecified atom stereocenters. The minimum Gasteiger partial charge on any atom is -0.482 e. The van der Waals surface area contributed by atoms with Gasteiger partial charge in [-0.05, 0) is 12.1 Å². The highest BCUT2D eigenvalue weighted by molar-refractivity contribution is 7.88. The van der Waals surface area contributed by atoms with E-state index in [0.717, 1.165) is 6.26 Å². The topological polar surface area (TPSA) is 66.9 Å². The Morgan fingerprint density at radius 3 is 2.45 bits per heavy atom. The first kappa shape index (κ1) is 17.3. The van der Waals surface area contributed by atoms with Gasteiger partial charge in [0.1, 0.15) is 5.75 Å². The maximum atomic E-state index is 12.1. The zero-order chi connectivity index (χ0) is 16.3. The molecule has 0 aromatic heterocycles. The second-order valence-corrected chi connectivity index (χ2v) is 7.73. The minimum atomic E-state index is -3.21. The van der Waals surface area contributed by atoms with Crippen molar-refractivity contribution in [2.24, 2.45) is 0 Å². The second kappa shape index (κ2) is 7.04. The van der Waals surface area contributed by atoms with Crippen molar-refractivity contribution >= 4 is 39.1 Å². The quantitative estimate of drug-likeness (QED) is 0.809. The summed E-state index contributed by atoms with van der Waals surface area (Å²) in [4.78, 5) is 13.7. The Balaban J connectivity index is 1.87. The van der Waals surface area contributed by atoms with Crippen molar-refractivity contribution in [2.45, 2.75) is 0 Å². The van der Waals surface area contributed by atoms with Crippen molar-refractivity contribution in [3.05, 3.63) is 28.2 Å². The highest BCUT2D eigenvalue weighted by Crippen LogP contribution is 2.27. The van der Waals surface area contributed by atoms with E-state index >= 15 is 0 Å². The summed E-state index contributed by atoms with van der Waals surface area (Å²) in [5.74, 6) is 0.126. The maximum Gasteiger partial charge on any atom is 0.260 e. The molecule has 1 aliphatic rings. The number of nitrogens with zero attached hydrogens (tertiary/aromatic N) is 2. The third kappa shape index (κ3) is 4.49. The summed E-state index contributed by atoms with van der Waals surface area (Å²) in [6.07, 6.45) is 1.16. The number of sulfonamides is 1. The van der Waals surface area contributed by atoms with Crippen LogP contribution in [0.4, 0.5) is 0 Å². The van der Waals surface area contributed by atoms with E-state index in [1.54, 1.807) is 23.1 Å². The van der Waals surface area contributed by atoms with Gasteiger partial charge in [0, 0.05) is 37.3 Å². The molecule has 0 N–H and O–H groups in total. The third-order valence-electron chi connectivity index (χ3n) is 3.30. The number of rotatable bonds is 4. The molecule has 6 nitrogen and oxygen atoms in total. The molecular formula is C13H16Cl2N2O4S. The number of piperazine rings is 1. The number of hydrogen-bond donors (Lipinski definition) is 0. The Morgan fingerprint density at radius 2 is 1.86 bits per heavy atom. The molecule has 1 aromatic carbocycles. The Bertz CT molecular complexity index is 658. The molecule has 0 atom stereocenters. The van der Waals surface area contributed by atoms with Crippen molar-refractivity contribution in [3.63, 3.8) is 0 Å². The van der Waals surface area contributed by atoms with Gasteiger partial charge in [-0.2, -0.15) is 4.31 Å². The van der Waals surface area contributed by atoms with Gasteiger partial charge in [-0.1, -0.05) is 23.2 Å². The molecule has 1 saturated heterocycles. The van der Waals surface area contributed by atoms with E-state index in [1.165, 1.54) is 4.31 Å². The molecule has 0 spiro atoms. The predicted molar refractivity (Wildman–Crippen MR) is 85.0 cm³/mol. The molecule has 0 radical (unpaired) electrons. The molecule has 0 bridgehead atoms. The van der Waals surface area contributed by atoms with Crippen molar-refractivity contribution in [1.82, 2.24) is 9.21 Å². The van der Waals surface area contributed by atoms with E-state index < -0.39 is 10.0 Å². The first-order chi connectivity index (χ1) is 10.3. The molecular weight excluding hydrogens is 351 g/mol. The average molecular weight is 367 g/mol. The predicted octanol–water partition coefficient (Wildman–Crippen LogP) is 1.48. The second-order valence-electron chi connectivity index (χ2n) is 4.91. The van der Waals surface area contributed by atoms with Crippen LogP contribution in [0.25, 0.3) is 0 Å². The summed E-state index contributed by atoms with van der Waals surface area (Å²) < 4.78 is 29.6. The Morgan fingerprint density at radius 1 is 1.23 bits per heavy atom. The molecule has 1 amide bonds. The van der Waals surface area contributed by atoms with Crippen LogP contribution in [0.3, 0.4) is 0 Å². The van der Waals surface area contributed by atoms with Crippen LogP contribution in [0.5, 0.6) is 5.75 Å². The van der Waals surface area contributed by atoms with Gasteiger partial charge in [-0.25, -0.2) is 8.42 Å². The monoisotopic (exact) mass is 366 g/mol. The van der Waals surface area contributed by atoms with Crippen LogP contribution < -0.4 is 4.74 Å². The standard InChI is InChI=1S/C13H16Cl2N2O4S/c1-22(19,20)17-6-4-16(5-7-17)13(18)9-21-12-8-10(14)2-3-11(12)15/h2-3,8H,4-7,9H2,1H3. The van der Waals surface area contributed by atoms with E-state index in [0.29, 0.717) is 42.0 Å². The number of halogens is 2. The van der Waals surface area contributed by atoms with Crippen LogP contribution in [-0.2, 0) is 14.8 Å². The van der Waals surface area contributed by atoms with Crippen LogP contribution in [0.15, 0.2) is 18.2 Å². The molecule has 122 valence electrons. The highest BCUT2D eigenvalue weighted by Gasteiger charge is 2.26. The average Bonchev–Trinajstić information content (AvgIpc) is 2.47. The number of carbonyl (C=O) groups excluding carboxylic acids is 1. The maximum absolute atomic E-state index is 12.1. The smallest absolute Gasteiger partial charge is 0.260 e. The summed E-state index contributed by atoms with van der Waals surface area (Å²) >= 11 is 11.8. The van der Waals surface area contributed by atoms with Gasteiger partial charge >= 0.3 is 0 Å². The van der Waals surface area contributed by atoms with Crippen LogP contribution in [0.1, 0.15) is 0 Å². The van der Waals surface area contributed by atoms with Crippen molar-refractivity contribution < 1.29 is 17.9 Å². The molecule has 22 heavy (non-hydrogen) atoms. The number of amides is 1. The van der Waals surface area contributed by atoms with E-state index in [4.69, 9.17) is 27.9 Å². The molecule has 1 heterocycles. The lowest BCUT2D eigenvalue weighted by Crippen LogP contribution is -2.51. The number of carbonyl (C=O) groups is 1. The van der Waals surface area contributed by atoms with Crippen molar-refractivity contribution in [3.8, 4) is 5.75 Å². The summed E-state index contributed by atoms with van der Waals surface area (Å²) in [5, 5.41) is 0.840. The van der Waals surface area contributed by atoms with E-state index in [-0.39, 0.29) is 12.5 Å². The number of benzene rings is 1. The lowest BCUT2D eigenvalue weighted by Gasteiger charge is -2.33. The molecule has 1 aliphatic heterocycles. The Kier molecular flexibility index (Phi) is 5.55. The van der Waals surface area contributed by atoms with Gasteiger partial charge < -0.3 is 9.64 Å². The number of hydrogen-bond acceptors (Lipinski definition) is 4. The highest BCUT2D eigenvalue weighted by atomic mass is 35.5. The minimum absolute atomic E-state index is 0.168. The summed E-state index contributed by atoms with van der Waals surface area (Å²) in [7, 11) is -3.21. The van der Waals surface area contributed by atoms with Gasteiger partial charge in [0.2, 0.25) is 10.0 Å². The first-order valence-corrected chi connectivity index (χ1v) is 9.18. The zero-order valence-corrected chi connectivity index (χ0v) is 14.3. The lowest BCUT2D eigenvalue weighted by molar-refractivity contribution is -0.134. The molecule has 0 aliphatic carbocycles. The van der Waals surface area contributed by atoms with Crippen LogP contribution in [-0.4, -0.2) is 62.6 Å². The fraction of sp³-hybridized carbons (Fsp3) is 0.462. The summed E-state index contributed by atoms with van der Waals surface area (Å²) in [5.41, 5.74) is 0. The van der Waals surface area contributed by atoms with Crippen molar-refractivity contribution in [2.75, 3.05) is 39.0 Å². The largest absolute Gasteiger partial charge is 0.482 e. The van der Waals surface area contributed by atoms with E-state index in [1.807, 2.05) is 0 Å². The van der Waals surface area contributed by atoms with Crippen LogP contribution >= 0.6 is 23.2 Å². The zero-order valence-electron chi connectivity index (χ0n) is 12.0. The van der Waals surface area contributed by atoms with Gasteiger partial charge in [0.15, 0.2) is 6.61 Å². The van der Waals surface area contributed by atoms with E-state index in [9.17, 15) is 13.2 Å². The molecule has 0 saturated carbocycles. The SMILES string of the molecule is CS(=O)(=O)N1CCN(C(=O)COc2cc(Cl)ccc2Cl)CC1. The van der Waals surface area contributed by atoms with E-state index in [2.05, 4.69) is 0 Å². The summed E-state index contributed by atoms with van der Waals surface area (Å²) in [6.45, 7) is 1.11. The van der Waals surface area contributed by atoms with Gasteiger partial charge in [-0.3, -0.25) is 4.79 Å². The number of ether oxygens (including phenoxy) is 1. The molecule has 1 fully saturated rings. The van der Waals surface area contributed by atoms with Crippen LogP contribution in [0, 0.1) is 0 Å². The van der Waals surface area contributed by atoms with Crippen LogP contribution in [0.2, 0.25) is 10.0 Å². The Labute approximate surface area is 139 Å². The first-order valence-electron chi connectivity index (χ1n) is 6.58. The molecule has 9 heteroatoms. The third-order valence-corrected chi connectivity index (χ3v) is 5.16. The molecule has 2 rings (SSSR count). The normalized spacial score (nSPS) is 16.6. The fourth-order valence-electron chi connectivity index (χ4n) is 2.09.